The quantitative estimate of drug-likeness (QED) is 0.220. The van der Waals surface area contributed by atoms with Gasteiger partial charge in [-0.05, 0) is 43.2 Å². The van der Waals surface area contributed by atoms with Crippen LogP contribution < -0.4 is 5.32 Å². The van der Waals surface area contributed by atoms with E-state index in [1.54, 1.807) is 0 Å². The van der Waals surface area contributed by atoms with Crippen LogP contribution in [0, 0.1) is 0 Å². The zero-order valence-electron chi connectivity index (χ0n) is 19.9. The Hall–Kier alpha value is -2.91. The van der Waals surface area contributed by atoms with E-state index < -0.39 is 0 Å². The van der Waals surface area contributed by atoms with Gasteiger partial charge in [0, 0.05) is 30.0 Å². The zero-order valence-corrected chi connectivity index (χ0v) is 21.6. The maximum Gasteiger partial charge on any atom is 0.341 e. The maximum atomic E-state index is 12.7. The van der Waals surface area contributed by atoms with Gasteiger partial charge in [-0.2, -0.15) is 0 Å². The first kappa shape index (κ1) is 25.2. The Balaban J connectivity index is 1.36. The highest BCUT2D eigenvalue weighted by molar-refractivity contribution is 7.99. The number of nitrogens with zero attached hydrogens (tertiary/aromatic N) is 3. The highest BCUT2D eigenvalue weighted by atomic mass is 32.2. The number of allylic oxidation sites excluding steroid dienone is 1. The van der Waals surface area contributed by atoms with Crippen molar-refractivity contribution in [2.24, 2.45) is 0 Å². The summed E-state index contributed by atoms with van der Waals surface area (Å²) < 4.78 is 7.05. The van der Waals surface area contributed by atoms with Crippen molar-refractivity contribution < 1.29 is 14.3 Å². The van der Waals surface area contributed by atoms with Gasteiger partial charge in [-0.3, -0.25) is 4.79 Å². The smallest absolute Gasteiger partial charge is 0.341 e. The highest BCUT2D eigenvalue weighted by Gasteiger charge is 2.27. The van der Waals surface area contributed by atoms with Crippen molar-refractivity contribution in [2.75, 3.05) is 18.2 Å². The van der Waals surface area contributed by atoms with Gasteiger partial charge in [0.1, 0.15) is 10.8 Å². The van der Waals surface area contributed by atoms with Crippen LogP contribution in [0.15, 0.2) is 48.1 Å². The Morgan fingerprint density at radius 3 is 2.77 bits per heavy atom. The fourth-order valence-electron chi connectivity index (χ4n) is 4.22. The Bertz CT molecular complexity index is 1190. The Morgan fingerprint density at radius 2 is 2.00 bits per heavy atom. The van der Waals surface area contributed by atoms with E-state index in [1.165, 1.54) is 40.6 Å². The summed E-state index contributed by atoms with van der Waals surface area (Å²) in [4.78, 5) is 26.3. The molecule has 4 rings (SSSR count). The van der Waals surface area contributed by atoms with Gasteiger partial charge in [-0.25, -0.2) is 4.79 Å². The molecule has 1 amide bonds. The predicted molar refractivity (Wildman–Crippen MR) is 140 cm³/mol. The van der Waals surface area contributed by atoms with Crippen LogP contribution in [0.3, 0.4) is 0 Å². The molecule has 2 heterocycles. The summed E-state index contributed by atoms with van der Waals surface area (Å²) in [5.74, 6) is 0.959. The molecule has 3 aromatic rings. The van der Waals surface area contributed by atoms with Crippen molar-refractivity contribution in [2.45, 2.75) is 56.6 Å². The number of anilines is 1. The number of carbonyl (C=O) groups is 2. The number of fused-ring (bicyclic) bond motifs is 1. The van der Waals surface area contributed by atoms with Crippen LogP contribution in [0.2, 0.25) is 0 Å². The fraction of sp³-hybridized carbons (Fsp3) is 0.385. The molecule has 1 aromatic carbocycles. The van der Waals surface area contributed by atoms with Crippen LogP contribution in [0.1, 0.15) is 51.4 Å². The van der Waals surface area contributed by atoms with Crippen LogP contribution in [0.4, 0.5) is 5.00 Å². The molecule has 0 unspecified atom stereocenters. The minimum Gasteiger partial charge on any atom is -0.465 e. The van der Waals surface area contributed by atoms with Crippen LogP contribution in [-0.4, -0.2) is 39.5 Å². The summed E-state index contributed by atoms with van der Waals surface area (Å²) in [6.07, 6.45) is 7.76. The third-order valence-corrected chi connectivity index (χ3v) is 8.14. The molecule has 1 aliphatic rings. The zero-order chi connectivity index (χ0) is 24.6. The molecule has 0 radical (unpaired) electrons. The molecule has 0 saturated carbocycles. The molecule has 0 bridgehead atoms. The van der Waals surface area contributed by atoms with E-state index in [-0.39, 0.29) is 11.9 Å². The maximum absolute atomic E-state index is 12.7. The van der Waals surface area contributed by atoms with Gasteiger partial charge in [0.15, 0.2) is 5.16 Å². The average Bonchev–Trinajstić information content (AvgIpc) is 3.43. The molecular formula is C26H30N4O3S2. The van der Waals surface area contributed by atoms with E-state index in [0.29, 0.717) is 29.3 Å². The summed E-state index contributed by atoms with van der Waals surface area (Å²) in [6, 6.07) is 10.3. The summed E-state index contributed by atoms with van der Waals surface area (Å²) >= 11 is 3.01. The number of rotatable bonds is 11. The first-order chi connectivity index (χ1) is 17.1. The lowest BCUT2D eigenvalue weighted by molar-refractivity contribution is -0.115. The summed E-state index contributed by atoms with van der Waals surface area (Å²) in [7, 11) is 1.38. The number of nitrogens with one attached hydrogen (secondary N) is 1. The van der Waals surface area contributed by atoms with Gasteiger partial charge in [0.25, 0.3) is 0 Å². The van der Waals surface area contributed by atoms with Crippen LogP contribution in [0.25, 0.3) is 0 Å². The molecule has 1 N–H and O–H groups in total. The molecule has 2 aromatic heterocycles. The normalized spacial score (nSPS) is 12.7. The summed E-state index contributed by atoms with van der Waals surface area (Å²) in [5.41, 5.74) is 2.83. The number of carbonyl (C=O) groups excluding carboxylic acids is 2. The topological polar surface area (TPSA) is 86.1 Å². The van der Waals surface area contributed by atoms with E-state index in [0.717, 1.165) is 55.1 Å². The molecule has 0 atom stereocenters. The van der Waals surface area contributed by atoms with Crippen LogP contribution in [0.5, 0.6) is 0 Å². The third-order valence-electron chi connectivity index (χ3n) is 5.96. The number of thiophene rings is 1. The van der Waals surface area contributed by atoms with Crippen molar-refractivity contribution in [3.63, 3.8) is 0 Å². The first-order valence-electron chi connectivity index (χ1n) is 11.8. The molecular weight excluding hydrogens is 480 g/mol. The van der Waals surface area contributed by atoms with E-state index in [1.807, 2.05) is 24.3 Å². The second-order valence-electron chi connectivity index (χ2n) is 8.34. The Labute approximate surface area is 214 Å². The van der Waals surface area contributed by atoms with E-state index in [2.05, 4.69) is 38.8 Å². The molecule has 0 spiro atoms. The van der Waals surface area contributed by atoms with E-state index in [4.69, 9.17) is 4.74 Å². The number of hydrogen-bond donors (Lipinski definition) is 1. The Morgan fingerprint density at radius 1 is 1.20 bits per heavy atom. The monoisotopic (exact) mass is 510 g/mol. The second kappa shape index (κ2) is 12.2. The lowest BCUT2D eigenvalue weighted by Crippen LogP contribution is -2.15. The number of esters is 1. The van der Waals surface area contributed by atoms with Gasteiger partial charge in [-0.15, -0.1) is 28.1 Å². The number of amides is 1. The Kier molecular flexibility index (Phi) is 8.76. The average molecular weight is 511 g/mol. The molecule has 9 heteroatoms. The molecule has 0 fully saturated rings. The lowest BCUT2D eigenvalue weighted by Gasteiger charge is -2.11. The largest absolute Gasteiger partial charge is 0.465 e. The van der Waals surface area contributed by atoms with Crippen molar-refractivity contribution in [1.82, 2.24) is 14.8 Å². The van der Waals surface area contributed by atoms with Crippen molar-refractivity contribution in [3.05, 3.63) is 70.4 Å². The fourth-order valence-corrected chi connectivity index (χ4v) is 6.42. The van der Waals surface area contributed by atoms with Crippen molar-refractivity contribution >= 4 is 40.0 Å². The van der Waals surface area contributed by atoms with E-state index >= 15 is 0 Å². The molecule has 0 saturated heterocycles. The number of thioether (sulfide) groups is 1. The van der Waals surface area contributed by atoms with Crippen molar-refractivity contribution in [1.29, 1.82) is 0 Å². The highest BCUT2D eigenvalue weighted by Crippen LogP contribution is 2.38. The standard InChI is InChI=1S/C26H30N4O3S2/c1-3-16-30-21(14-13-18-9-5-4-6-10-18)28-29-26(30)34-17-15-22(31)27-24-23(25(32)33-2)19-11-7-8-12-20(19)35-24/h3-6,9-10H,1,7-8,11-17H2,2H3,(H,27,31). The third kappa shape index (κ3) is 6.21. The van der Waals surface area contributed by atoms with Crippen molar-refractivity contribution in [3.8, 4) is 0 Å². The minimum absolute atomic E-state index is 0.125. The van der Waals surface area contributed by atoms with Gasteiger partial charge in [0.2, 0.25) is 5.91 Å². The predicted octanol–water partition coefficient (Wildman–Crippen LogP) is 5.10. The minimum atomic E-state index is -0.380. The second-order valence-corrected chi connectivity index (χ2v) is 10.5. The van der Waals surface area contributed by atoms with Gasteiger partial charge in [0.05, 0.1) is 12.7 Å². The number of methoxy groups -OCH3 is 1. The molecule has 0 aliphatic heterocycles. The molecule has 184 valence electrons. The number of aryl methyl sites for hydroxylation is 3. The lowest BCUT2D eigenvalue weighted by atomic mass is 9.95. The van der Waals surface area contributed by atoms with Crippen LogP contribution in [-0.2, 0) is 41.8 Å². The first-order valence-corrected chi connectivity index (χ1v) is 13.6. The number of aromatic nitrogens is 3. The SMILES string of the molecule is C=CCn1c(CCc2ccccc2)nnc1SCCC(=O)Nc1sc2c(c1C(=O)OC)CCCC2. The van der Waals surface area contributed by atoms with Gasteiger partial charge >= 0.3 is 5.97 Å². The molecule has 35 heavy (non-hydrogen) atoms. The molecule has 1 aliphatic carbocycles. The summed E-state index contributed by atoms with van der Waals surface area (Å²) in [6.45, 7) is 4.48. The molecule has 7 nitrogen and oxygen atoms in total. The van der Waals surface area contributed by atoms with Crippen LogP contribution >= 0.6 is 23.1 Å². The van der Waals surface area contributed by atoms with Gasteiger partial charge < -0.3 is 14.6 Å². The number of hydrogen-bond acceptors (Lipinski definition) is 7. The van der Waals surface area contributed by atoms with Gasteiger partial charge in [-0.1, -0.05) is 48.2 Å². The number of ether oxygens (including phenoxy) is 1. The van der Waals surface area contributed by atoms with E-state index in [9.17, 15) is 9.59 Å². The summed E-state index contributed by atoms with van der Waals surface area (Å²) in [5, 5.41) is 13.1. The number of benzene rings is 1.